The fraction of sp³-hybridized carbons (Fsp3) is 0.778. The SMILES string of the molecule is CCC1(CC)S[C@@H](C)C(=O)NC1=O. The van der Waals surface area contributed by atoms with Gasteiger partial charge in [-0.2, -0.15) is 0 Å². The van der Waals surface area contributed by atoms with Crippen LogP contribution < -0.4 is 5.32 Å². The van der Waals surface area contributed by atoms with E-state index in [2.05, 4.69) is 5.32 Å². The van der Waals surface area contributed by atoms with Crippen molar-refractivity contribution in [3.05, 3.63) is 0 Å². The van der Waals surface area contributed by atoms with Crippen LogP contribution in [-0.4, -0.2) is 21.8 Å². The number of amides is 2. The predicted octanol–water partition coefficient (Wildman–Crippen LogP) is 1.32. The molecular formula is C9H15NO2S. The number of carbonyl (C=O) groups is 2. The number of nitrogens with one attached hydrogen (secondary N) is 1. The van der Waals surface area contributed by atoms with Gasteiger partial charge in [0.2, 0.25) is 11.8 Å². The summed E-state index contributed by atoms with van der Waals surface area (Å²) in [4.78, 5) is 22.8. The minimum atomic E-state index is -0.382. The van der Waals surface area contributed by atoms with Crippen LogP contribution in [0.1, 0.15) is 33.6 Å². The lowest BCUT2D eigenvalue weighted by atomic mass is 10.0. The number of thioether (sulfide) groups is 1. The van der Waals surface area contributed by atoms with Crippen LogP contribution in [0.25, 0.3) is 0 Å². The van der Waals surface area contributed by atoms with E-state index in [9.17, 15) is 9.59 Å². The molecule has 0 aliphatic carbocycles. The highest BCUT2D eigenvalue weighted by molar-refractivity contribution is 8.02. The molecule has 0 radical (unpaired) electrons. The number of imide groups is 1. The molecule has 4 heteroatoms. The van der Waals surface area contributed by atoms with E-state index in [1.807, 2.05) is 20.8 Å². The minimum absolute atomic E-state index is 0.113. The molecule has 1 saturated heterocycles. The molecule has 3 nitrogen and oxygen atoms in total. The molecule has 0 saturated carbocycles. The van der Waals surface area contributed by atoms with Crippen molar-refractivity contribution in [3.8, 4) is 0 Å². The van der Waals surface area contributed by atoms with E-state index in [0.717, 1.165) is 12.8 Å². The summed E-state index contributed by atoms with van der Waals surface area (Å²) >= 11 is 1.49. The molecule has 1 rings (SSSR count). The summed E-state index contributed by atoms with van der Waals surface area (Å²) in [6.45, 7) is 5.81. The van der Waals surface area contributed by atoms with Gasteiger partial charge in [-0.15, -0.1) is 11.8 Å². The van der Waals surface area contributed by atoms with E-state index >= 15 is 0 Å². The summed E-state index contributed by atoms with van der Waals surface area (Å²) in [5, 5.41) is 2.31. The molecule has 0 unspecified atom stereocenters. The van der Waals surface area contributed by atoms with Crippen LogP contribution in [0.5, 0.6) is 0 Å². The Bertz CT molecular complexity index is 236. The molecule has 1 atom stereocenters. The van der Waals surface area contributed by atoms with E-state index in [0.29, 0.717) is 0 Å². The van der Waals surface area contributed by atoms with Crippen LogP contribution in [0.3, 0.4) is 0 Å². The van der Waals surface area contributed by atoms with Gasteiger partial charge in [0.15, 0.2) is 0 Å². The summed E-state index contributed by atoms with van der Waals surface area (Å²) < 4.78 is -0.382. The molecule has 1 fully saturated rings. The quantitative estimate of drug-likeness (QED) is 0.685. The van der Waals surface area contributed by atoms with Gasteiger partial charge < -0.3 is 0 Å². The number of carbonyl (C=O) groups excluding carboxylic acids is 2. The van der Waals surface area contributed by atoms with Crippen molar-refractivity contribution >= 4 is 23.6 Å². The van der Waals surface area contributed by atoms with E-state index in [4.69, 9.17) is 0 Å². The van der Waals surface area contributed by atoms with E-state index in [1.165, 1.54) is 11.8 Å². The summed E-state index contributed by atoms with van der Waals surface area (Å²) in [6, 6.07) is 0. The third-order valence-corrected chi connectivity index (χ3v) is 4.35. The Kier molecular flexibility index (Phi) is 3.01. The van der Waals surface area contributed by atoms with Crippen molar-refractivity contribution in [1.82, 2.24) is 5.32 Å². The monoisotopic (exact) mass is 201 g/mol. The summed E-state index contributed by atoms with van der Waals surface area (Å²) in [5.74, 6) is -0.280. The van der Waals surface area contributed by atoms with Gasteiger partial charge in [0.05, 0.1) is 10.00 Å². The van der Waals surface area contributed by atoms with Crippen LogP contribution in [0.2, 0.25) is 0 Å². The maximum Gasteiger partial charge on any atom is 0.242 e. The van der Waals surface area contributed by atoms with Crippen molar-refractivity contribution < 1.29 is 9.59 Å². The molecule has 1 aliphatic rings. The Morgan fingerprint density at radius 2 is 1.92 bits per heavy atom. The maximum absolute atomic E-state index is 11.6. The number of hydrogen-bond donors (Lipinski definition) is 1. The van der Waals surface area contributed by atoms with Gasteiger partial charge in [-0.1, -0.05) is 13.8 Å². The number of rotatable bonds is 2. The Hall–Kier alpha value is -0.510. The first-order valence-corrected chi connectivity index (χ1v) is 5.47. The van der Waals surface area contributed by atoms with Crippen molar-refractivity contribution in [2.24, 2.45) is 0 Å². The molecule has 1 N–H and O–H groups in total. The second-order valence-electron chi connectivity index (χ2n) is 3.28. The molecule has 0 aromatic heterocycles. The van der Waals surface area contributed by atoms with Crippen LogP contribution in [-0.2, 0) is 9.59 Å². The molecule has 13 heavy (non-hydrogen) atoms. The highest BCUT2D eigenvalue weighted by atomic mass is 32.2. The van der Waals surface area contributed by atoms with Gasteiger partial charge in [-0.25, -0.2) is 0 Å². The second-order valence-corrected chi connectivity index (χ2v) is 5.00. The zero-order valence-electron chi connectivity index (χ0n) is 8.22. The molecule has 0 bridgehead atoms. The van der Waals surface area contributed by atoms with Crippen LogP contribution in [0.4, 0.5) is 0 Å². The topological polar surface area (TPSA) is 46.2 Å². The molecule has 74 valence electrons. The maximum atomic E-state index is 11.6. The third-order valence-electron chi connectivity index (χ3n) is 2.56. The molecule has 2 amide bonds. The third kappa shape index (κ3) is 1.73. The van der Waals surface area contributed by atoms with Gasteiger partial charge >= 0.3 is 0 Å². The van der Waals surface area contributed by atoms with Gasteiger partial charge in [0, 0.05) is 0 Å². The van der Waals surface area contributed by atoms with Crippen LogP contribution in [0.15, 0.2) is 0 Å². The van der Waals surface area contributed by atoms with Gasteiger partial charge in [0.1, 0.15) is 0 Å². The average molecular weight is 201 g/mol. The van der Waals surface area contributed by atoms with Crippen LogP contribution in [0, 0.1) is 0 Å². The molecule has 0 aromatic carbocycles. The van der Waals surface area contributed by atoms with Gasteiger partial charge in [0.25, 0.3) is 0 Å². The normalized spacial score (nSPS) is 27.2. The Morgan fingerprint density at radius 3 is 2.38 bits per heavy atom. The first-order chi connectivity index (χ1) is 6.05. The van der Waals surface area contributed by atoms with Crippen LogP contribution >= 0.6 is 11.8 Å². The first-order valence-electron chi connectivity index (χ1n) is 4.59. The van der Waals surface area contributed by atoms with Crippen molar-refractivity contribution in [2.75, 3.05) is 0 Å². The molecule has 1 heterocycles. The van der Waals surface area contributed by atoms with E-state index < -0.39 is 0 Å². The Labute approximate surface area is 82.6 Å². The standard InChI is InChI=1S/C9H15NO2S/c1-4-9(5-2)8(12)10-7(11)6(3)13-9/h6H,4-5H2,1-3H3,(H,10,11,12)/t6-/m0/s1. The largest absolute Gasteiger partial charge is 0.294 e. The highest BCUT2D eigenvalue weighted by Gasteiger charge is 2.43. The fourth-order valence-electron chi connectivity index (χ4n) is 1.51. The summed E-state index contributed by atoms with van der Waals surface area (Å²) in [7, 11) is 0. The fourth-order valence-corrected chi connectivity index (χ4v) is 2.84. The van der Waals surface area contributed by atoms with Gasteiger partial charge in [-0.3, -0.25) is 14.9 Å². The lowest BCUT2D eigenvalue weighted by Gasteiger charge is -2.35. The second kappa shape index (κ2) is 3.70. The minimum Gasteiger partial charge on any atom is -0.294 e. The Balaban J connectivity index is 2.87. The van der Waals surface area contributed by atoms with E-state index in [-0.39, 0.29) is 21.8 Å². The predicted molar refractivity (Wildman–Crippen MR) is 53.5 cm³/mol. The highest BCUT2D eigenvalue weighted by Crippen LogP contribution is 2.38. The summed E-state index contributed by atoms with van der Waals surface area (Å²) in [5.41, 5.74) is 0. The zero-order chi connectivity index (χ0) is 10.1. The molecular weight excluding hydrogens is 186 g/mol. The molecule has 0 aromatic rings. The Morgan fingerprint density at radius 1 is 1.38 bits per heavy atom. The first kappa shape index (κ1) is 10.6. The van der Waals surface area contributed by atoms with Crippen molar-refractivity contribution in [3.63, 3.8) is 0 Å². The smallest absolute Gasteiger partial charge is 0.242 e. The number of hydrogen-bond acceptors (Lipinski definition) is 3. The summed E-state index contributed by atoms with van der Waals surface area (Å²) in [6.07, 6.45) is 1.55. The molecule has 1 aliphatic heterocycles. The lowest BCUT2D eigenvalue weighted by molar-refractivity contribution is -0.132. The van der Waals surface area contributed by atoms with Crippen molar-refractivity contribution in [2.45, 2.75) is 43.6 Å². The van der Waals surface area contributed by atoms with Gasteiger partial charge in [-0.05, 0) is 19.8 Å². The lowest BCUT2D eigenvalue weighted by Crippen LogP contribution is -2.54. The van der Waals surface area contributed by atoms with Crippen molar-refractivity contribution in [1.29, 1.82) is 0 Å². The average Bonchev–Trinajstić information content (AvgIpc) is 2.12. The molecule has 0 spiro atoms. The zero-order valence-corrected chi connectivity index (χ0v) is 9.03. The van der Waals surface area contributed by atoms with E-state index in [1.54, 1.807) is 0 Å².